The van der Waals surface area contributed by atoms with Crippen LogP contribution in [0.15, 0.2) is 0 Å². The molecule has 8 atom stereocenters. The first-order chi connectivity index (χ1) is 7.83. The van der Waals surface area contributed by atoms with E-state index in [4.69, 9.17) is 23.7 Å². The first-order valence-electron chi connectivity index (χ1n) is 5.36. The molecule has 0 bridgehead atoms. The maximum atomic E-state index is 5.87. The Morgan fingerprint density at radius 2 is 2.00 bits per heavy atom. The van der Waals surface area contributed by atoms with E-state index >= 15 is 0 Å². The molecule has 3 heterocycles. The molecule has 0 aromatic rings. The van der Waals surface area contributed by atoms with Crippen LogP contribution in [-0.2, 0) is 23.7 Å². The Balaban J connectivity index is 1.63. The van der Waals surface area contributed by atoms with Crippen molar-refractivity contribution < 1.29 is 23.7 Å². The van der Waals surface area contributed by atoms with Gasteiger partial charge in [-0.3, -0.25) is 0 Å². The van der Waals surface area contributed by atoms with Crippen LogP contribution in [0.2, 0.25) is 0 Å². The number of methoxy groups -OCH3 is 1. The first-order valence-corrected chi connectivity index (χ1v) is 8.94. The third-order valence-corrected chi connectivity index (χ3v) is 5.42. The van der Waals surface area contributed by atoms with Gasteiger partial charge in [0.15, 0.2) is 12.3 Å². The van der Waals surface area contributed by atoms with Crippen LogP contribution in [-0.4, -0.2) is 57.1 Å². The molecule has 5 unspecified atom stereocenters. The number of fused-ring (bicyclic) bond motifs is 3. The Morgan fingerprint density at radius 1 is 1.12 bits per heavy atom. The van der Waals surface area contributed by atoms with E-state index in [0.29, 0.717) is 14.9 Å². The first kappa shape index (κ1) is 11.7. The molecule has 16 heavy (non-hydrogen) atoms. The van der Waals surface area contributed by atoms with Crippen molar-refractivity contribution in [1.29, 1.82) is 0 Å². The van der Waals surface area contributed by atoms with Gasteiger partial charge >= 0.3 is 0 Å². The van der Waals surface area contributed by atoms with Crippen LogP contribution in [0.4, 0.5) is 0 Å². The Morgan fingerprint density at radius 3 is 2.75 bits per heavy atom. The van der Waals surface area contributed by atoms with E-state index in [2.05, 4.69) is 6.66 Å². The molecule has 0 amide bonds. The van der Waals surface area contributed by atoms with E-state index in [-0.39, 0.29) is 36.7 Å². The van der Waals surface area contributed by atoms with Crippen molar-refractivity contribution in [2.45, 2.75) is 36.7 Å². The summed E-state index contributed by atoms with van der Waals surface area (Å²) in [6, 6.07) is -0.0582. The third kappa shape index (κ3) is 2.04. The van der Waals surface area contributed by atoms with E-state index in [0.717, 1.165) is 8.27 Å². The second kappa shape index (κ2) is 4.74. The normalized spacial score (nSPS) is 52.1. The van der Waals surface area contributed by atoms with Gasteiger partial charge in [-0.15, -0.1) is 0 Å². The summed E-state index contributed by atoms with van der Waals surface area (Å²) in [5.74, 6) is 0. The fourth-order valence-corrected chi connectivity index (χ4v) is 4.01. The zero-order chi connectivity index (χ0) is 11.1. The van der Waals surface area contributed by atoms with Gasteiger partial charge in [-0.1, -0.05) is 8.27 Å². The van der Waals surface area contributed by atoms with Crippen LogP contribution in [0, 0.1) is 0 Å². The Hall–Kier alpha value is 0.660. The van der Waals surface area contributed by atoms with Crippen molar-refractivity contribution in [3.05, 3.63) is 0 Å². The van der Waals surface area contributed by atoms with Gasteiger partial charge in [0.05, 0.1) is 6.61 Å². The average Bonchev–Trinajstić information content (AvgIpc) is 3.09. The quantitative estimate of drug-likeness (QED) is 0.556. The Labute approximate surface area is 97.9 Å². The summed E-state index contributed by atoms with van der Waals surface area (Å²) in [4.78, 5) is 0. The van der Waals surface area contributed by atoms with E-state index in [1.54, 1.807) is 7.11 Å². The highest BCUT2D eigenvalue weighted by molar-refractivity contribution is 8.11. The molecule has 0 radical (unpaired) electrons. The molecule has 0 N–H and O–H groups in total. The van der Waals surface area contributed by atoms with Gasteiger partial charge in [0, 0.05) is 7.11 Å². The molecule has 7 heteroatoms. The van der Waals surface area contributed by atoms with E-state index in [1.165, 1.54) is 0 Å². The lowest BCUT2D eigenvalue weighted by atomic mass is 10.0. The van der Waals surface area contributed by atoms with Gasteiger partial charge < -0.3 is 23.7 Å². The molecule has 0 aliphatic carbocycles. The lowest BCUT2D eigenvalue weighted by molar-refractivity contribution is -0.278. The highest BCUT2D eigenvalue weighted by atomic mass is 32.0. The van der Waals surface area contributed by atoms with Crippen LogP contribution in [0.5, 0.6) is 0 Å². The molecule has 3 aliphatic rings. The van der Waals surface area contributed by atoms with Crippen LogP contribution in [0.25, 0.3) is 0 Å². The van der Waals surface area contributed by atoms with Crippen molar-refractivity contribution in [1.82, 2.24) is 0 Å². The monoisotopic (exact) mass is 266 g/mol. The molecule has 0 aromatic heterocycles. The molecule has 0 aromatic carbocycles. The molecule has 3 rings (SSSR count). The minimum absolute atomic E-state index is 0.0269. The molecule has 0 saturated carbocycles. The van der Waals surface area contributed by atoms with Crippen LogP contribution in [0.3, 0.4) is 0 Å². The highest BCUT2D eigenvalue weighted by Crippen LogP contribution is 2.46. The molecule has 3 fully saturated rings. The van der Waals surface area contributed by atoms with E-state index in [1.807, 2.05) is 0 Å². The number of hydrogen-bond acceptors (Lipinski definition) is 5. The van der Waals surface area contributed by atoms with Crippen molar-refractivity contribution in [3.8, 4) is 0 Å². The second-order valence-electron chi connectivity index (χ2n) is 4.00. The zero-order valence-corrected chi connectivity index (χ0v) is 11.2. The van der Waals surface area contributed by atoms with Crippen molar-refractivity contribution in [2.75, 3.05) is 20.4 Å². The van der Waals surface area contributed by atoms with Crippen molar-refractivity contribution in [2.24, 2.45) is 0 Å². The SMILES string of the molecule is CO[C@H]1OC2COC(PPC)O[C@H]2[C@H]2OC12. The predicted molar refractivity (Wildman–Crippen MR) is 61.5 cm³/mol. The number of rotatable bonds is 3. The molecular formula is C9H16O5P2. The molecule has 92 valence electrons. The fraction of sp³-hybridized carbons (Fsp3) is 1.00. The number of epoxide rings is 1. The topological polar surface area (TPSA) is 49.5 Å². The van der Waals surface area contributed by atoms with Crippen LogP contribution in [0.1, 0.15) is 0 Å². The summed E-state index contributed by atoms with van der Waals surface area (Å²) < 4.78 is 28.0. The van der Waals surface area contributed by atoms with Gasteiger partial charge in [-0.2, -0.15) is 0 Å². The number of hydrogen-bond donors (Lipinski definition) is 0. The summed E-state index contributed by atoms with van der Waals surface area (Å²) >= 11 is 0. The van der Waals surface area contributed by atoms with E-state index < -0.39 is 0 Å². The molecule has 3 saturated heterocycles. The lowest BCUT2D eigenvalue weighted by Crippen LogP contribution is -2.53. The van der Waals surface area contributed by atoms with Crippen molar-refractivity contribution >= 4 is 16.5 Å². The van der Waals surface area contributed by atoms with E-state index in [9.17, 15) is 0 Å². The van der Waals surface area contributed by atoms with Gasteiger partial charge in [0.1, 0.15) is 24.4 Å². The predicted octanol–water partition coefficient (Wildman–Crippen LogP) is 0.726. The minimum atomic E-state index is -0.259. The largest absolute Gasteiger partial charge is 0.361 e. The highest BCUT2D eigenvalue weighted by Gasteiger charge is 2.60. The summed E-state index contributed by atoms with van der Waals surface area (Å²) in [6.07, 6.45) is -0.0862. The summed E-state index contributed by atoms with van der Waals surface area (Å²) in [5.41, 5.74) is 0. The smallest absolute Gasteiger partial charge is 0.186 e. The minimum Gasteiger partial charge on any atom is -0.361 e. The van der Waals surface area contributed by atoms with Gasteiger partial charge in [-0.05, 0) is 14.9 Å². The average molecular weight is 266 g/mol. The molecular weight excluding hydrogens is 250 g/mol. The lowest BCUT2D eigenvalue weighted by Gasteiger charge is -2.39. The fourth-order valence-electron chi connectivity index (χ4n) is 2.20. The standard InChI is InChI=1S/C9H16O5P2/c1-10-8-7-6(13-7)5-4(12-8)3-11-9(14-5)16-15-2/h4-9,15-16H,3H2,1-2H3/t4?,5-,6-,7?,8+,9?/m1/s1. The Bertz CT molecular complexity index is 266. The molecule has 3 aliphatic heterocycles. The maximum absolute atomic E-state index is 5.87. The third-order valence-electron chi connectivity index (χ3n) is 3.02. The summed E-state index contributed by atoms with van der Waals surface area (Å²) in [6.45, 7) is 2.74. The number of ether oxygens (including phenoxy) is 5. The van der Waals surface area contributed by atoms with Crippen molar-refractivity contribution in [3.63, 3.8) is 0 Å². The maximum Gasteiger partial charge on any atom is 0.186 e. The Kier molecular flexibility index (Phi) is 3.47. The summed E-state index contributed by atoms with van der Waals surface area (Å²) in [5, 5.41) is 0. The second-order valence-corrected chi connectivity index (χ2v) is 7.63. The molecule has 5 nitrogen and oxygen atoms in total. The van der Waals surface area contributed by atoms with Crippen LogP contribution >= 0.6 is 16.5 Å². The summed E-state index contributed by atoms with van der Waals surface area (Å²) in [7, 11) is 3.21. The van der Waals surface area contributed by atoms with Crippen LogP contribution < -0.4 is 0 Å². The van der Waals surface area contributed by atoms with Gasteiger partial charge in [0.2, 0.25) is 0 Å². The zero-order valence-electron chi connectivity index (χ0n) is 9.21. The molecule has 0 spiro atoms. The van der Waals surface area contributed by atoms with Gasteiger partial charge in [-0.25, -0.2) is 0 Å². The van der Waals surface area contributed by atoms with Gasteiger partial charge in [0.25, 0.3) is 0 Å².